The van der Waals surface area contributed by atoms with Crippen LogP contribution in [0, 0.1) is 6.92 Å². The fourth-order valence-electron chi connectivity index (χ4n) is 1.74. The number of ether oxygens (including phenoxy) is 1. The number of pyridine rings is 1. The highest BCUT2D eigenvalue weighted by atomic mass is 16.5. The molecule has 0 radical (unpaired) electrons. The average Bonchev–Trinajstić information content (AvgIpc) is 2.71. The summed E-state index contributed by atoms with van der Waals surface area (Å²) in [5.41, 5.74) is 7.83. The maximum atomic E-state index is 11.6. The van der Waals surface area contributed by atoms with E-state index in [0.29, 0.717) is 19.0 Å². The molecule has 2 N–H and O–H groups in total. The van der Waals surface area contributed by atoms with E-state index in [9.17, 15) is 4.79 Å². The molecule has 0 saturated heterocycles. The summed E-state index contributed by atoms with van der Waals surface area (Å²) >= 11 is 0. The van der Waals surface area contributed by atoms with Gasteiger partial charge in [-0.1, -0.05) is 6.07 Å². The third kappa shape index (κ3) is 2.90. The number of hydrogen-bond acceptors (Lipinski definition) is 5. The van der Waals surface area contributed by atoms with Crippen molar-refractivity contribution in [2.24, 2.45) is 0 Å². The SMILES string of the molecule is CCOC(=O)c1ncn(Cc2cccc(C)n2)c1N. The van der Waals surface area contributed by atoms with Crippen LogP contribution in [0.5, 0.6) is 0 Å². The smallest absolute Gasteiger partial charge is 0.360 e. The molecule has 0 aromatic carbocycles. The van der Waals surface area contributed by atoms with Gasteiger partial charge in [-0.2, -0.15) is 0 Å². The van der Waals surface area contributed by atoms with Crippen LogP contribution < -0.4 is 5.73 Å². The first-order valence-corrected chi connectivity index (χ1v) is 6.02. The fraction of sp³-hybridized carbons (Fsp3) is 0.308. The van der Waals surface area contributed by atoms with Crippen LogP contribution in [0.4, 0.5) is 5.82 Å². The first-order chi connectivity index (χ1) is 9.11. The van der Waals surface area contributed by atoms with E-state index in [2.05, 4.69) is 9.97 Å². The lowest BCUT2D eigenvalue weighted by Crippen LogP contribution is -2.10. The van der Waals surface area contributed by atoms with Gasteiger partial charge in [0.1, 0.15) is 5.82 Å². The normalized spacial score (nSPS) is 10.4. The molecule has 0 atom stereocenters. The number of nitrogens with zero attached hydrogens (tertiary/aromatic N) is 3. The highest BCUT2D eigenvalue weighted by Gasteiger charge is 2.16. The number of esters is 1. The molecule has 0 amide bonds. The molecule has 2 rings (SSSR count). The Balaban J connectivity index is 2.20. The molecule has 6 heteroatoms. The van der Waals surface area contributed by atoms with Crippen molar-refractivity contribution in [1.29, 1.82) is 0 Å². The largest absolute Gasteiger partial charge is 0.461 e. The quantitative estimate of drug-likeness (QED) is 0.840. The van der Waals surface area contributed by atoms with Crippen molar-refractivity contribution in [3.8, 4) is 0 Å². The zero-order chi connectivity index (χ0) is 13.8. The zero-order valence-electron chi connectivity index (χ0n) is 11.0. The van der Waals surface area contributed by atoms with E-state index in [1.54, 1.807) is 11.5 Å². The molecule has 19 heavy (non-hydrogen) atoms. The molecule has 0 saturated carbocycles. The van der Waals surface area contributed by atoms with Crippen molar-refractivity contribution in [3.63, 3.8) is 0 Å². The second-order valence-corrected chi connectivity index (χ2v) is 4.10. The molecule has 100 valence electrons. The number of nitrogen functional groups attached to an aromatic ring is 1. The van der Waals surface area contributed by atoms with Crippen molar-refractivity contribution in [2.45, 2.75) is 20.4 Å². The first-order valence-electron chi connectivity index (χ1n) is 6.02. The fourth-order valence-corrected chi connectivity index (χ4v) is 1.74. The Morgan fingerprint density at radius 3 is 2.95 bits per heavy atom. The Kier molecular flexibility index (Phi) is 3.79. The summed E-state index contributed by atoms with van der Waals surface area (Å²) in [5.74, 6) is -0.210. The lowest BCUT2D eigenvalue weighted by atomic mass is 10.3. The van der Waals surface area contributed by atoms with Crippen LogP contribution in [0.2, 0.25) is 0 Å². The van der Waals surface area contributed by atoms with E-state index in [0.717, 1.165) is 11.4 Å². The third-order valence-electron chi connectivity index (χ3n) is 2.63. The molecule has 0 spiro atoms. The third-order valence-corrected chi connectivity index (χ3v) is 2.63. The van der Waals surface area contributed by atoms with Gasteiger partial charge in [0.05, 0.1) is 25.2 Å². The van der Waals surface area contributed by atoms with Crippen LogP contribution >= 0.6 is 0 Å². The number of aryl methyl sites for hydroxylation is 1. The number of carbonyl (C=O) groups excluding carboxylic acids is 1. The number of hydrogen-bond donors (Lipinski definition) is 1. The predicted molar refractivity (Wildman–Crippen MR) is 70.7 cm³/mol. The number of rotatable bonds is 4. The van der Waals surface area contributed by atoms with Crippen LogP contribution in [-0.2, 0) is 11.3 Å². The number of aromatic nitrogens is 3. The molecule has 0 unspecified atom stereocenters. The van der Waals surface area contributed by atoms with Gasteiger partial charge < -0.3 is 15.0 Å². The van der Waals surface area contributed by atoms with Crippen LogP contribution in [0.3, 0.4) is 0 Å². The lowest BCUT2D eigenvalue weighted by Gasteiger charge is -2.06. The number of carbonyl (C=O) groups is 1. The minimum Gasteiger partial charge on any atom is -0.461 e. The van der Waals surface area contributed by atoms with Gasteiger partial charge in [-0.3, -0.25) is 4.98 Å². The van der Waals surface area contributed by atoms with E-state index in [-0.39, 0.29) is 5.69 Å². The van der Waals surface area contributed by atoms with Gasteiger partial charge in [0.25, 0.3) is 0 Å². The van der Waals surface area contributed by atoms with Gasteiger partial charge in [0.2, 0.25) is 0 Å². The molecular formula is C13H16N4O2. The van der Waals surface area contributed by atoms with Crippen LogP contribution in [0.1, 0.15) is 28.8 Å². The Hall–Kier alpha value is -2.37. The zero-order valence-corrected chi connectivity index (χ0v) is 11.0. The summed E-state index contributed by atoms with van der Waals surface area (Å²) in [6.07, 6.45) is 1.52. The monoisotopic (exact) mass is 260 g/mol. The maximum Gasteiger partial charge on any atom is 0.360 e. The van der Waals surface area contributed by atoms with E-state index in [1.807, 2.05) is 25.1 Å². The molecular weight excluding hydrogens is 244 g/mol. The summed E-state index contributed by atoms with van der Waals surface area (Å²) in [6.45, 7) is 4.43. The average molecular weight is 260 g/mol. The molecule has 6 nitrogen and oxygen atoms in total. The Morgan fingerprint density at radius 1 is 1.47 bits per heavy atom. The maximum absolute atomic E-state index is 11.6. The highest BCUT2D eigenvalue weighted by molar-refractivity contribution is 5.92. The molecule has 0 aliphatic rings. The van der Waals surface area contributed by atoms with Gasteiger partial charge in [-0.05, 0) is 26.0 Å². The summed E-state index contributed by atoms with van der Waals surface area (Å²) in [4.78, 5) is 20.0. The summed E-state index contributed by atoms with van der Waals surface area (Å²) in [6, 6.07) is 5.75. The van der Waals surface area contributed by atoms with E-state index < -0.39 is 5.97 Å². The van der Waals surface area contributed by atoms with Crippen LogP contribution in [0.25, 0.3) is 0 Å². The Bertz CT molecular complexity index is 592. The van der Waals surface area contributed by atoms with Crippen molar-refractivity contribution >= 4 is 11.8 Å². The molecule has 0 aliphatic heterocycles. The van der Waals surface area contributed by atoms with Crippen molar-refractivity contribution in [2.75, 3.05) is 12.3 Å². The summed E-state index contributed by atoms with van der Waals surface area (Å²) in [7, 11) is 0. The lowest BCUT2D eigenvalue weighted by molar-refractivity contribution is 0.0521. The predicted octanol–water partition coefficient (Wildman–Crippen LogP) is 1.39. The molecule has 2 aromatic heterocycles. The first kappa shape index (κ1) is 13.1. The standard InChI is InChI=1S/C13H16N4O2/c1-3-19-13(18)11-12(14)17(8-15-11)7-10-6-4-5-9(2)16-10/h4-6,8H,3,7,14H2,1-2H3. The van der Waals surface area contributed by atoms with Gasteiger partial charge in [-0.15, -0.1) is 0 Å². The van der Waals surface area contributed by atoms with Gasteiger partial charge in [-0.25, -0.2) is 9.78 Å². The number of imidazole rings is 1. The topological polar surface area (TPSA) is 83.0 Å². The molecule has 2 aromatic rings. The van der Waals surface area contributed by atoms with Crippen LogP contribution in [0.15, 0.2) is 24.5 Å². The molecule has 0 aliphatic carbocycles. The van der Waals surface area contributed by atoms with Crippen LogP contribution in [-0.4, -0.2) is 27.1 Å². The second-order valence-electron chi connectivity index (χ2n) is 4.10. The number of nitrogens with two attached hydrogens (primary N) is 1. The van der Waals surface area contributed by atoms with Crippen molar-refractivity contribution in [3.05, 3.63) is 41.6 Å². The Morgan fingerprint density at radius 2 is 2.26 bits per heavy atom. The molecule has 2 heterocycles. The molecule has 0 bridgehead atoms. The van der Waals surface area contributed by atoms with E-state index >= 15 is 0 Å². The second kappa shape index (κ2) is 5.51. The van der Waals surface area contributed by atoms with E-state index in [1.165, 1.54) is 6.33 Å². The minimum absolute atomic E-state index is 0.148. The van der Waals surface area contributed by atoms with Gasteiger partial charge >= 0.3 is 5.97 Å². The minimum atomic E-state index is -0.504. The Labute approximate surface area is 111 Å². The highest BCUT2D eigenvalue weighted by Crippen LogP contribution is 2.13. The van der Waals surface area contributed by atoms with Crippen molar-refractivity contribution in [1.82, 2.24) is 14.5 Å². The van der Waals surface area contributed by atoms with Crippen molar-refractivity contribution < 1.29 is 9.53 Å². The summed E-state index contributed by atoms with van der Waals surface area (Å²) < 4.78 is 6.56. The van der Waals surface area contributed by atoms with E-state index in [4.69, 9.17) is 10.5 Å². The number of anilines is 1. The summed E-state index contributed by atoms with van der Waals surface area (Å²) in [5, 5.41) is 0. The molecule has 0 fully saturated rings. The van der Waals surface area contributed by atoms with Gasteiger partial charge in [0, 0.05) is 5.69 Å². The van der Waals surface area contributed by atoms with Gasteiger partial charge in [0.15, 0.2) is 5.69 Å².